The SMILES string of the molecule is Cc1nccc([N+](=O)[O-])c1C(F)F. The van der Waals surface area contributed by atoms with Gasteiger partial charge in [-0.3, -0.25) is 15.1 Å². The highest BCUT2D eigenvalue weighted by atomic mass is 19.3. The highest BCUT2D eigenvalue weighted by molar-refractivity contribution is 5.42. The molecule has 13 heavy (non-hydrogen) atoms. The molecule has 0 aliphatic rings. The van der Waals surface area contributed by atoms with Crippen LogP contribution in [0.1, 0.15) is 17.7 Å². The fourth-order valence-electron chi connectivity index (χ4n) is 0.993. The second-order valence-electron chi connectivity index (χ2n) is 2.39. The fraction of sp³-hybridized carbons (Fsp3) is 0.286. The average Bonchev–Trinajstić information content (AvgIpc) is 2.02. The summed E-state index contributed by atoms with van der Waals surface area (Å²) in [4.78, 5) is 13.0. The third-order valence-electron chi connectivity index (χ3n) is 1.58. The van der Waals surface area contributed by atoms with Crippen molar-refractivity contribution in [3.63, 3.8) is 0 Å². The standard InChI is InChI=1S/C7H6F2N2O2/c1-4-6(7(8)9)5(11(12)13)2-3-10-4/h2-3,7H,1H3. The van der Waals surface area contributed by atoms with Crippen LogP contribution in [-0.4, -0.2) is 9.91 Å². The molecule has 0 atom stereocenters. The van der Waals surface area contributed by atoms with Gasteiger partial charge in [0.1, 0.15) is 5.56 Å². The molecule has 0 radical (unpaired) electrons. The molecular formula is C7H6F2N2O2. The van der Waals surface area contributed by atoms with E-state index in [4.69, 9.17) is 0 Å². The minimum atomic E-state index is -2.87. The number of nitrogens with zero attached hydrogens (tertiary/aromatic N) is 2. The monoisotopic (exact) mass is 188 g/mol. The van der Waals surface area contributed by atoms with Crippen LogP contribution in [0.4, 0.5) is 14.5 Å². The zero-order valence-electron chi connectivity index (χ0n) is 6.70. The first-order valence-corrected chi connectivity index (χ1v) is 3.42. The molecule has 0 aliphatic carbocycles. The van der Waals surface area contributed by atoms with E-state index in [1.165, 1.54) is 6.92 Å². The number of nitro groups is 1. The van der Waals surface area contributed by atoms with Gasteiger partial charge < -0.3 is 0 Å². The Morgan fingerprint density at radius 1 is 1.62 bits per heavy atom. The van der Waals surface area contributed by atoms with Gasteiger partial charge >= 0.3 is 0 Å². The van der Waals surface area contributed by atoms with Crippen molar-refractivity contribution < 1.29 is 13.7 Å². The van der Waals surface area contributed by atoms with Crippen molar-refractivity contribution in [3.05, 3.63) is 33.6 Å². The lowest BCUT2D eigenvalue weighted by Crippen LogP contribution is -2.00. The number of aromatic nitrogens is 1. The molecular weight excluding hydrogens is 182 g/mol. The minimum Gasteiger partial charge on any atom is -0.261 e. The van der Waals surface area contributed by atoms with Crippen LogP contribution < -0.4 is 0 Å². The molecule has 6 heteroatoms. The van der Waals surface area contributed by atoms with Crippen LogP contribution in [0.5, 0.6) is 0 Å². The van der Waals surface area contributed by atoms with Crippen LogP contribution in [0.3, 0.4) is 0 Å². The second kappa shape index (κ2) is 3.42. The summed E-state index contributed by atoms with van der Waals surface area (Å²) in [6.07, 6.45) is -1.73. The van der Waals surface area contributed by atoms with Crippen molar-refractivity contribution in [1.29, 1.82) is 0 Å². The van der Waals surface area contributed by atoms with Crippen molar-refractivity contribution in [3.8, 4) is 0 Å². The molecule has 1 aromatic heterocycles. The van der Waals surface area contributed by atoms with Crippen LogP contribution >= 0.6 is 0 Å². The first kappa shape index (κ1) is 9.50. The molecule has 1 heterocycles. The summed E-state index contributed by atoms with van der Waals surface area (Å²) in [6, 6.07) is 0.967. The lowest BCUT2D eigenvalue weighted by atomic mass is 10.2. The van der Waals surface area contributed by atoms with E-state index in [1.54, 1.807) is 0 Å². The third kappa shape index (κ3) is 1.77. The second-order valence-corrected chi connectivity index (χ2v) is 2.39. The van der Waals surface area contributed by atoms with Crippen LogP contribution in [-0.2, 0) is 0 Å². The third-order valence-corrected chi connectivity index (χ3v) is 1.58. The Hall–Kier alpha value is -1.59. The van der Waals surface area contributed by atoms with Gasteiger partial charge in [-0.15, -0.1) is 0 Å². The lowest BCUT2D eigenvalue weighted by Gasteiger charge is -2.03. The quantitative estimate of drug-likeness (QED) is 0.528. The molecule has 70 valence electrons. The number of pyridine rings is 1. The van der Waals surface area contributed by atoms with Crippen molar-refractivity contribution in [2.75, 3.05) is 0 Å². The molecule has 0 N–H and O–H groups in total. The van der Waals surface area contributed by atoms with E-state index in [0.717, 1.165) is 12.3 Å². The maximum Gasteiger partial charge on any atom is 0.281 e. The highest BCUT2D eigenvalue weighted by Gasteiger charge is 2.23. The predicted molar refractivity (Wildman–Crippen MR) is 40.6 cm³/mol. The molecule has 0 amide bonds. The maximum atomic E-state index is 12.3. The summed E-state index contributed by atoms with van der Waals surface area (Å²) in [5.74, 6) is 0. The van der Waals surface area contributed by atoms with Gasteiger partial charge in [0, 0.05) is 12.3 Å². The summed E-state index contributed by atoms with van der Waals surface area (Å²) >= 11 is 0. The van der Waals surface area contributed by atoms with Gasteiger partial charge in [0.25, 0.3) is 12.1 Å². The Labute approximate surface area is 72.4 Å². The van der Waals surface area contributed by atoms with E-state index in [0.29, 0.717) is 0 Å². The number of rotatable bonds is 2. The molecule has 0 saturated heterocycles. The number of alkyl halides is 2. The summed E-state index contributed by atoms with van der Waals surface area (Å²) < 4.78 is 24.6. The molecule has 4 nitrogen and oxygen atoms in total. The van der Waals surface area contributed by atoms with Crippen molar-refractivity contribution >= 4 is 5.69 Å². The highest BCUT2D eigenvalue weighted by Crippen LogP contribution is 2.29. The van der Waals surface area contributed by atoms with Gasteiger partial charge in [-0.25, -0.2) is 8.78 Å². The molecule has 1 aromatic rings. The smallest absolute Gasteiger partial charge is 0.261 e. The lowest BCUT2D eigenvalue weighted by molar-refractivity contribution is -0.386. The normalized spacial score (nSPS) is 10.5. The van der Waals surface area contributed by atoms with Crippen LogP contribution in [0, 0.1) is 17.0 Å². The first-order chi connectivity index (χ1) is 6.04. The van der Waals surface area contributed by atoms with Gasteiger partial charge in [0.2, 0.25) is 0 Å². The molecule has 0 bridgehead atoms. The molecule has 0 aromatic carbocycles. The Morgan fingerprint density at radius 3 is 2.62 bits per heavy atom. The van der Waals surface area contributed by atoms with Gasteiger partial charge in [0.15, 0.2) is 0 Å². The number of aryl methyl sites for hydroxylation is 1. The fourth-order valence-corrected chi connectivity index (χ4v) is 0.993. The molecule has 0 aliphatic heterocycles. The van der Waals surface area contributed by atoms with Crippen molar-refractivity contribution in [2.24, 2.45) is 0 Å². The van der Waals surface area contributed by atoms with Gasteiger partial charge in [-0.2, -0.15) is 0 Å². The molecule has 0 spiro atoms. The van der Waals surface area contributed by atoms with E-state index in [-0.39, 0.29) is 5.69 Å². The summed E-state index contributed by atoms with van der Waals surface area (Å²) in [5.41, 5.74) is -1.20. The maximum absolute atomic E-state index is 12.3. The summed E-state index contributed by atoms with van der Waals surface area (Å²) in [6.45, 7) is 1.31. The summed E-state index contributed by atoms with van der Waals surface area (Å²) in [5, 5.41) is 10.3. The van der Waals surface area contributed by atoms with Gasteiger partial charge in [0.05, 0.1) is 10.6 Å². The average molecular weight is 188 g/mol. The molecule has 0 fully saturated rings. The molecule has 1 rings (SSSR count). The van der Waals surface area contributed by atoms with Gasteiger partial charge in [-0.05, 0) is 6.92 Å². The largest absolute Gasteiger partial charge is 0.281 e. The number of halogens is 2. The topological polar surface area (TPSA) is 56.0 Å². The molecule has 0 unspecified atom stereocenters. The predicted octanol–water partition coefficient (Wildman–Crippen LogP) is 2.24. The van der Waals surface area contributed by atoms with Gasteiger partial charge in [-0.1, -0.05) is 0 Å². The van der Waals surface area contributed by atoms with Crippen molar-refractivity contribution in [1.82, 2.24) is 4.98 Å². The van der Waals surface area contributed by atoms with Crippen LogP contribution in [0.15, 0.2) is 12.3 Å². The molecule has 0 saturated carbocycles. The van der Waals surface area contributed by atoms with Crippen molar-refractivity contribution in [2.45, 2.75) is 13.3 Å². The van der Waals surface area contributed by atoms with Crippen LogP contribution in [0.2, 0.25) is 0 Å². The Morgan fingerprint density at radius 2 is 2.23 bits per heavy atom. The van der Waals surface area contributed by atoms with E-state index in [1.807, 2.05) is 0 Å². The van der Waals surface area contributed by atoms with E-state index in [2.05, 4.69) is 4.98 Å². The van der Waals surface area contributed by atoms with Crippen LogP contribution in [0.25, 0.3) is 0 Å². The van der Waals surface area contributed by atoms with E-state index < -0.39 is 22.6 Å². The number of hydrogen-bond donors (Lipinski definition) is 0. The Bertz CT molecular complexity index is 341. The first-order valence-electron chi connectivity index (χ1n) is 3.42. The zero-order valence-corrected chi connectivity index (χ0v) is 6.70. The van der Waals surface area contributed by atoms with E-state index in [9.17, 15) is 18.9 Å². The Kier molecular flexibility index (Phi) is 2.50. The Balaban J connectivity index is 3.34. The minimum absolute atomic E-state index is 0.01000. The zero-order chi connectivity index (χ0) is 10.0. The number of hydrogen-bond acceptors (Lipinski definition) is 3. The van der Waals surface area contributed by atoms with E-state index >= 15 is 0 Å². The summed E-state index contributed by atoms with van der Waals surface area (Å²) in [7, 11) is 0.